The Labute approximate surface area is 95.5 Å². The van der Waals surface area contributed by atoms with Crippen molar-refractivity contribution in [3.8, 4) is 5.75 Å². The smallest absolute Gasteiger partial charge is 0.253 e. The summed E-state index contributed by atoms with van der Waals surface area (Å²) in [5, 5.41) is 9.25. The average molecular weight is 223 g/mol. The summed E-state index contributed by atoms with van der Waals surface area (Å²) in [6.45, 7) is 2.87. The van der Waals surface area contributed by atoms with Gasteiger partial charge in [-0.15, -0.1) is 0 Å². The third kappa shape index (κ3) is 2.97. The van der Waals surface area contributed by atoms with E-state index in [4.69, 9.17) is 4.74 Å². The number of carbonyl (C=O) groups is 1. The zero-order valence-corrected chi connectivity index (χ0v) is 9.86. The van der Waals surface area contributed by atoms with Crippen LogP contribution in [0, 0.1) is 6.92 Å². The number of phenols is 1. The quantitative estimate of drug-likeness (QED) is 0.839. The molecule has 16 heavy (non-hydrogen) atoms. The molecule has 0 heterocycles. The second-order valence-electron chi connectivity index (χ2n) is 3.72. The molecule has 1 rings (SSSR count). The Morgan fingerprint density at radius 1 is 1.50 bits per heavy atom. The Bertz CT molecular complexity index is 377. The molecule has 88 valence electrons. The van der Waals surface area contributed by atoms with Crippen LogP contribution in [0.2, 0.25) is 0 Å². The first kappa shape index (κ1) is 12.5. The van der Waals surface area contributed by atoms with Gasteiger partial charge in [-0.3, -0.25) is 4.79 Å². The predicted octanol–water partition coefficient (Wildman–Crippen LogP) is 1.42. The van der Waals surface area contributed by atoms with Crippen molar-refractivity contribution in [2.75, 3.05) is 27.3 Å². The number of likely N-dealkylation sites (N-methyl/N-ethyl adjacent to an activating group) is 1. The summed E-state index contributed by atoms with van der Waals surface area (Å²) in [6, 6.07) is 4.73. The lowest BCUT2D eigenvalue weighted by molar-refractivity contribution is 0.0743. The van der Waals surface area contributed by atoms with Gasteiger partial charge >= 0.3 is 0 Å². The van der Waals surface area contributed by atoms with Gasteiger partial charge < -0.3 is 14.7 Å². The van der Waals surface area contributed by atoms with Crippen LogP contribution in [0.4, 0.5) is 0 Å². The Morgan fingerprint density at radius 2 is 2.19 bits per heavy atom. The maximum atomic E-state index is 12.0. The predicted molar refractivity (Wildman–Crippen MR) is 61.7 cm³/mol. The van der Waals surface area contributed by atoms with E-state index in [9.17, 15) is 9.90 Å². The summed E-state index contributed by atoms with van der Waals surface area (Å²) in [5.41, 5.74) is 1.38. The third-order valence-corrected chi connectivity index (χ3v) is 2.42. The molecule has 1 aromatic carbocycles. The SMILES string of the molecule is COCCN(C)C(=O)c1ccc(O)cc1C. The van der Waals surface area contributed by atoms with Crippen molar-refractivity contribution in [2.45, 2.75) is 6.92 Å². The first-order chi connectivity index (χ1) is 7.56. The van der Waals surface area contributed by atoms with E-state index in [-0.39, 0.29) is 11.7 Å². The van der Waals surface area contributed by atoms with Crippen LogP contribution in [0.3, 0.4) is 0 Å². The van der Waals surface area contributed by atoms with Gasteiger partial charge in [-0.05, 0) is 30.7 Å². The number of ether oxygens (including phenoxy) is 1. The van der Waals surface area contributed by atoms with Crippen molar-refractivity contribution in [3.05, 3.63) is 29.3 Å². The number of hydrogen-bond donors (Lipinski definition) is 1. The molecule has 0 spiro atoms. The number of phenolic OH excluding ortho intramolecular Hbond substituents is 1. The van der Waals surface area contributed by atoms with Gasteiger partial charge in [0.2, 0.25) is 0 Å². The second-order valence-corrected chi connectivity index (χ2v) is 3.72. The maximum absolute atomic E-state index is 12.0. The molecule has 0 aromatic heterocycles. The summed E-state index contributed by atoms with van der Waals surface area (Å²) in [6.07, 6.45) is 0. The van der Waals surface area contributed by atoms with E-state index in [1.54, 1.807) is 38.1 Å². The van der Waals surface area contributed by atoms with Gasteiger partial charge in [-0.1, -0.05) is 0 Å². The largest absolute Gasteiger partial charge is 0.508 e. The van der Waals surface area contributed by atoms with Crippen molar-refractivity contribution >= 4 is 5.91 Å². The summed E-state index contributed by atoms with van der Waals surface area (Å²) in [5.74, 6) is 0.114. The van der Waals surface area contributed by atoms with Crippen molar-refractivity contribution in [1.29, 1.82) is 0 Å². The summed E-state index contributed by atoms with van der Waals surface area (Å²) in [4.78, 5) is 13.6. The van der Waals surface area contributed by atoms with Crippen molar-refractivity contribution in [3.63, 3.8) is 0 Å². The van der Waals surface area contributed by atoms with Gasteiger partial charge in [0.25, 0.3) is 5.91 Å². The first-order valence-corrected chi connectivity index (χ1v) is 5.10. The summed E-state index contributed by atoms with van der Waals surface area (Å²) < 4.78 is 4.91. The summed E-state index contributed by atoms with van der Waals surface area (Å²) >= 11 is 0. The normalized spacial score (nSPS) is 10.2. The number of methoxy groups -OCH3 is 1. The topological polar surface area (TPSA) is 49.8 Å². The molecular weight excluding hydrogens is 206 g/mol. The molecule has 0 atom stereocenters. The zero-order chi connectivity index (χ0) is 12.1. The van der Waals surface area contributed by atoms with E-state index in [1.165, 1.54) is 6.07 Å². The lowest BCUT2D eigenvalue weighted by atomic mass is 10.1. The van der Waals surface area contributed by atoms with Crippen molar-refractivity contribution < 1.29 is 14.6 Å². The third-order valence-electron chi connectivity index (χ3n) is 2.42. The highest BCUT2D eigenvalue weighted by molar-refractivity contribution is 5.95. The van der Waals surface area contributed by atoms with E-state index >= 15 is 0 Å². The van der Waals surface area contributed by atoms with Crippen LogP contribution in [0.1, 0.15) is 15.9 Å². The molecule has 0 aliphatic carbocycles. The van der Waals surface area contributed by atoms with E-state index < -0.39 is 0 Å². The molecule has 0 radical (unpaired) electrons. The van der Waals surface area contributed by atoms with E-state index in [2.05, 4.69) is 0 Å². The van der Waals surface area contributed by atoms with Crippen LogP contribution < -0.4 is 0 Å². The number of aryl methyl sites for hydroxylation is 1. The fourth-order valence-electron chi connectivity index (χ4n) is 1.42. The van der Waals surface area contributed by atoms with E-state index in [0.717, 1.165) is 5.56 Å². The van der Waals surface area contributed by atoms with Crippen LogP contribution in [-0.4, -0.2) is 43.2 Å². The zero-order valence-electron chi connectivity index (χ0n) is 9.86. The lowest BCUT2D eigenvalue weighted by Gasteiger charge is -2.17. The standard InChI is InChI=1S/C12H17NO3/c1-9-8-10(14)4-5-11(9)12(15)13(2)6-7-16-3/h4-5,8,14H,6-7H2,1-3H3. The van der Waals surface area contributed by atoms with E-state index in [0.29, 0.717) is 18.7 Å². The number of hydrogen-bond acceptors (Lipinski definition) is 3. The summed E-state index contributed by atoms with van der Waals surface area (Å²) in [7, 11) is 3.33. The number of nitrogens with zero attached hydrogens (tertiary/aromatic N) is 1. The van der Waals surface area contributed by atoms with Gasteiger partial charge in [-0.25, -0.2) is 0 Å². The highest BCUT2D eigenvalue weighted by atomic mass is 16.5. The molecule has 1 N–H and O–H groups in total. The molecule has 0 saturated heterocycles. The van der Waals surface area contributed by atoms with Crippen LogP contribution in [0.25, 0.3) is 0 Å². The minimum Gasteiger partial charge on any atom is -0.508 e. The first-order valence-electron chi connectivity index (χ1n) is 5.10. The van der Waals surface area contributed by atoms with Gasteiger partial charge in [0.05, 0.1) is 6.61 Å². The number of benzene rings is 1. The minimum atomic E-state index is -0.0606. The van der Waals surface area contributed by atoms with Crippen molar-refractivity contribution in [2.24, 2.45) is 0 Å². The van der Waals surface area contributed by atoms with Gasteiger partial charge in [0, 0.05) is 26.3 Å². The second kappa shape index (κ2) is 5.51. The molecule has 0 saturated carbocycles. The number of aromatic hydroxyl groups is 1. The Morgan fingerprint density at radius 3 is 2.75 bits per heavy atom. The van der Waals surface area contributed by atoms with Gasteiger partial charge in [0.15, 0.2) is 0 Å². The molecule has 0 aliphatic rings. The molecular formula is C12H17NO3. The van der Waals surface area contributed by atoms with E-state index in [1.807, 2.05) is 0 Å². The number of amides is 1. The van der Waals surface area contributed by atoms with Gasteiger partial charge in [0.1, 0.15) is 5.75 Å². The lowest BCUT2D eigenvalue weighted by Crippen LogP contribution is -2.30. The molecule has 0 fully saturated rings. The average Bonchev–Trinajstić information content (AvgIpc) is 2.25. The fraction of sp³-hybridized carbons (Fsp3) is 0.417. The Balaban J connectivity index is 2.79. The van der Waals surface area contributed by atoms with Crippen LogP contribution in [-0.2, 0) is 4.74 Å². The molecule has 0 unspecified atom stereocenters. The molecule has 1 aromatic rings. The highest BCUT2D eigenvalue weighted by Gasteiger charge is 2.13. The minimum absolute atomic E-state index is 0.0606. The van der Waals surface area contributed by atoms with Crippen LogP contribution >= 0.6 is 0 Å². The number of carbonyl (C=O) groups excluding carboxylic acids is 1. The molecule has 1 amide bonds. The molecule has 0 aliphatic heterocycles. The maximum Gasteiger partial charge on any atom is 0.253 e. The Hall–Kier alpha value is -1.55. The van der Waals surface area contributed by atoms with Crippen LogP contribution in [0.5, 0.6) is 5.75 Å². The van der Waals surface area contributed by atoms with Crippen LogP contribution in [0.15, 0.2) is 18.2 Å². The number of rotatable bonds is 4. The fourth-order valence-corrected chi connectivity index (χ4v) is 1.42. The monoisotopic (exact) mass is 223 g/mol. The molecule has 4 nitrogen and oxygen atoms in total. The van der Waals surface area contributed by atoms with Gasteiger partial charge in [-0.2, -0.15) is 0 Å². The highest BCUT2D eigenvalue weighted by Crippen LogP contribution is 2.16. The molecule has 0 bridgehead atoms. The molecule has 4 heteroatoms. The van der Waals surface area contributed by atoms with Crippen molar-refractivity contribution in [1.82, 2.24) is 4.90 Å². The Kier molecular flexibility index (Phi) is 4.31.